The zero-order valence-corrected chi connectivity index (χ0v) is 12.6. The molecule has 0 fully saturated rings. The van der Waals surface area contributed by atoms with Crippen molar-refractivity contribution in [2.75, 3.05) is 17.2 Å². The Hall–Kier alpha value is -1.89. The van der Waals surface area contributed by atoms with Gasteiger partial charge in [-0.3, -0.25) is 0 Å². The molecule has 0 aromatic heterocycles. The van der Waals surface area contributed by atoms with Gasteiger partial charge in [0.15, 0.2) is 5.71 Å². The van der Waals surface area contributed by atoms with Crippen LogP contribution in [-0.4, -0.2) is 17.2 Å². The van der Waals surface area contributed by atoms with Crippen molar-refractivity contribution in [1.82, 2.24) is 0 Å². The number of hydrogen-bond donors (Lipinski definition) is 2. The second-order valence-corrected chi connectivity index (χ2v) is 6.30. The predicted molar refractivity (Wildman–Crippen MR) is 81.6 cm³/mol. The van der Waals surface area contributed by atoms with Crippen molar-refractivity contribution in [1.29, 1.82) is 0 Å². The van der Waals surface area contributed by atoms with E-state index in [1.807, 2.05) is 26.0 Å². The minimum atomic E-state index is -0.473. The van der Waals surface area contributed by atoms with Crippen LogP contribution in [0.2, 0.25) is 0 Å². The first kappa shape index (κ1) is 13.1. The summed E-state index contributed by atoms with van der Waals surface area (Å²) >= 11 is 3.51. The summed E-state index contributed by atoms with van der Waals surface area (Å²) in [6.07, 6.45) is 1.34. The van der Waals surface area contributed by atoms with Gasteiger partial charge in [0.25, 0.3) is 0 Å². The molecule has 2 N–H and O–H groups in total. The molecular weight excluding hydrogens is 324 g/mol. The minimum absolute atomic E-state index is 0.173. The molecule has 0 bridgehead atoms. The van der Waals surface area contributed by atoms with Gasteiger partial charge in [0.2, 0.25) is 0 Å². The fraction of sp³-hybridized carbons (Fsp3) is 0.308. The molecule has 104 valence electrons. The number of nitro groups is 1. The lowest BCUT2D eigenvalue weighted by atomic mass is 9.79. The number of hydrogen-bond acceptors (Lipinski definition) is 5. The molecule has 1 aromatic carbocycles. The first-order valence-electron chi connectivity index (χ1n) is 6.17. The van der Waals surface area contributed by atoms with Gasteiger partial charge in [0, 0.05) is 16.4 Å². The van der Waals surface area contributed by atoms with Crippen LogP contribution in [0, 0.1) is 15.5 Å². The van der Waals surface area contributed by atoms with Crippen LogP contribution in [0.4, 0.5) is 11.4 Å². The van der Waals surface area contributed by atoms with E-state index < -0.39 is 4.92 Å². The largest absolute Gasteiger partial charge is 0.382 e. The third-order valence-electron chi connectivity index (χ3n) is 3.51. The second kappa shape index (κ2) is 4.31. The Kier molecular flexibility index (Phi) is 2.82. The maximum absolute atomic E-state index is 11.1. The van der Waals surface area contributed by atoms with Crippen LogP contribution in [0.25, 0.3) is 0 Å². The monoisotopic (exact) mass is 336 g/mol. The summed E-state index contributed by atoms with van der Waals surface area (Å²) in [5, 5.41) is 17.4. The van der Waals surface area contributed by atoms with E-state index in [1.54, 1.807) is 0 Å². The van der Waals surface area contributed by atoms with E-state index in [4.69, 9.17) is 0 Å². The van der Waals surface area contributed by atoms with Crippen LogP contribution in [0.3, 0.4) is 0 Å². The van der Waals surface area contributed by atoms with E-state index in [0.29, 0.717) is 6.54 Å². The molecule has 0 aliphatic carbocycles. The van der Waals surface area contributed by atoms with Crippen LogP contribution in [0.5, 0.6) is 0 Å². The van der Waals surface area contributed by atoms with E-state index in [9.17, 15) is 10.1 Å². The van der Waals surface area contributed by atoms with E-state index in [1.165, 1.54) is 6.20 Å². The quantitative estimate of drug-likeness (QED) is 0.609. The van der Waals surface area contributed by atoms with Gasteiger partial charge in [-0.2, -0.15) is 0 Å². The zero-order chi connectivity index (χ0) is 14.5. The van der Waals surface area contributed by atoms with E-state index >= 15 is 0 Å². The molecule has 0 amide bonds. The Morgan fingerprint density at radius 2 is 2.20 bits per heavy atom. The molecule has 0 saturated carbocycles. The molecule has 20 heavy (non-hydrogen) atoms. The van der Waals surface area contributed by atoms with Crippen LogP contribution >= 0.6 is 15.9 Å². The van der Waals surface area contributed by atoms with Gasteiger partial charge in [0.1, 0.15) is 6.20 Å². The van der Waals surface area contributed by atoms with Crippen molar-refractivity contribution in [3.63, 3.8) is 0 Å². The van der Waals surface area contributed by atoms with E-state index in [2.05, 4.69) is 31.6 Å². The number of halogens is 1. The van der Waals surface area contributed by atoms with Crippen molar-refractivity contribution in [2.24, 2.45) is 10.4 Å². The average molecular weight is 337 g/mol. The van der Waals surface area contributed by atoms with Crippen molar-refractivity contribution in [3.05, 3.63) is 44.3 Å². The Morgan fingerprint density at radius 1 is 1.45 bits per heavy atom. The molecule has 2 heterocycles. The summed E-state index contributed by atoms with van der Waals surface area (Å²) in [6.45, 7) is 4.72. The van der Waals surface area contributed by atoms with Gasteiger partial charge >= 0.3 is 5.82 Å². The molecule has 0 radical (unpaired) electrons. The molecule has 0 unspecified atom stereocenters. The van der Waals surface area contributed by atoms with Gasteiger partial charge in [-0.1, -0.05) is 13.8 Å². The summed E-state index contributed by atoms with van der Waals surface area (Å²) in [4.78, 5) is 14.9. The van der Waals surface area contributed by atoms with Crippen molar-refractivity contribution < 1.29 is 4.92 Å². The van der Waals surface area contributed by atoms with Crippen LogP contribution in [0.1, 0.15) is 19.4 Å². The normalized spacial score (nSPS) is 18.8. The van der Waals surface area contributed by atoms with Gasteiger partial charge in [-0.15, -0.1) is 0 Å². The minimum Gasteiger partial charge on any atom is -0.382 e. The maximum Gasteiger partial charge on any atom is 0.379 e. The standard InChI is InChI=1S/C13H13BrN4O2/c1-13(2)6-16-11-7(14)3-4-8-10(11)12(13)17-9(5-15-8)18(19)20/h3-5,15-16H,6H2,1-2H3. The Labute approximate surface area is 124 Å². The zero-order valence-electron chi connectivity index (χ0n) is 11.0. The molecule has 2 aliphatic heterocycles. The number of rotatable bonds is 1. The first-order chi connectivity index (χ1) is 9.40. The molecule has 0 atom stereocenters. The first-order valence-corrected chi connectivity index (χ1v) is 6.96. The highest BCUT2D eigenvalue weighted by Crippen LogP contribution is 2.42. The average Bonchev–Trinajstić information content (AvgIpc) is 2.57. The Morgan fingerprint density at radius 3 is 2.90 bits per heavy atom. The molecule has 6 nitrogen and oxygen atoms in total. The van der Waals surface area contributed by atoms with E-state index in [0.717, 1.165) is 27.1 Å². The molecule has 0 spiro atoms. The topological polar surface area (TPSA) is 79.6 Å². The Bertz CT molecular complexity index is 679. The number of nitrogens with one attached hydrogen (secondary N) is 2. The third kappa shape index (κ3) is 1.89. The van der Waals surface area contributed by atoms with Gasteiger partial charge in [-0.25, -0.2) is 0 Å². The number of aliphatic imine (C=N–C) groups is 1. The smallest absolute Gasteiger partial charge is 0.379 e. The highest BCUT2D eigenvalue weighted by molar-refractivity contribution is 9.10. The number of anilines is 2. The summed E-state index contributed by atoms with van der Waals surface area (Å²) in [6, 6.07) is 3.80. The van der Waals surface area contributed by atoms with Crippen LogP contribution < -0.4 is 10.6 Å². The van der Waals surface area contributed by atoms with Crippen molar-refractivity contribution >= 4 is 33.0 Å². The summed E-state index contributed by atoms with van der Waals surface area (Å²) in [5.41, 5.74) is 3.08. The second-order valence-electron chi connectivity index (χ2n) is 5.45. The lowest BCUT2D eigenvalue weighted by Crippen LogP contribution is -2.38. The fourth-order valence-corrected chi connectivity index (χ4v) is 2.91. The molecule has 3 rings (SSSR count). The molecule has 2 aliphatic rings. The van der Waals surface area contributed by atoms with Crippen molar-refractivity contribution in [3.8, 4) is 0 Å². The van der Waals surface area contributed by atoms with Crippen LogP contribution in [-0.2, 0) is 0 Å². The maximum atomic E-state index is 11.1. The van der Waals surface area contributed by atoms with Crippen molar-refractivity contribution in [2.45, 2.75) is 13.8 Å². The Balaban J connectivity index is 2.31. The van der Waals surface area contributed by atoms with E-state index in [-0.39, 0.29) is 11.2 Å². The highest BCUT2D eigenvalue weighted by Gasteiger charge is 2.40. The van der Waals surface area contributed by atoms with Gasteiger partial charge in [0.05, 0.1) is 16.9 Å². The summed E-state index contributed by atoms with van der Waals surface area (Å²) in [7, 11) is 0. The molecule has 7 heteroatoms. The number of nitrogens with zero attached hydrogens (tertiary/aromatic N) is 2. The third-order valence-corrected chi connectivity index (χ3v) is 4.17. The summed E-state index contributed by atoms with van der Waals surface area (Å²) in [5.74, 6) is -0.173. The number of benzene rings is 1. The SMILES string of the molecule is CC1(C)CNc2c(Br)ccc3c2C1=NC([N+](=O)[O-])=CN3. The fourth-order valence-electron chi connectivity index (χ4n) is 2.44. The lowest BCUT2D eigenvalue weighted by Gasteiger charge is -2.32. The van der Waals surface area contributed by atoms with Gasteiger partial charge in [-0.05, 0) is 38.0 Å². The van der Waals surface area contributed by atoms with Gasteiger partial charge < -0.3 is 20.7 Å². The predicted octanol–water partition coefficient (Wildman–Crippen LogP) is 3.19. The molecular formula is C13H13BrN4O2. The molecule has 0 saturated heterocycles. The lowest BCUT2D eigenvalue weighted by molar-refractivity contribution is -0.426. The summed E-state index contributed by atoms with van der Waals surface area (Å²) < 4.78 is 0.922. The van der Waals surface area contributed by atoms with Crippen LogP contribution in [0.15, 0.2) is 33.6 Å². The molecule has 1 aromatic rings. The highest BCUT2D eigenvalue weighted by atomic mass is 79.9.